The predicted octanol–water partition coefficient (Wildman–Crippen LogP) is 5.35. The molecule has 0 saturated carbocycles. The van der Waals surface area contributed by atoms with Crippen molar-refractivity contribution in [3.05, 3.63) is 88.0 Å². The summed E-state index contributed by atoms with van der Waals surface area (Å²) in [5, 5.41) is 4.05. The molecule has 1 aliphatic rings. The summed E-state index contributed by atoms with van der Waals surface area (Å²) in [5.41, 5.74) is 2.36. The van der Waals surface area contributed by atoms with E-state index >= 15 is 0 Å². The Balaban J connectivity index is 1.34. The first-order chi connectivity index (χ1) is 15.1. The number of benzene rings is 2. The van der Waals surface area contributed by atoms with Crippen LogP contribution in [0.5, 0.6) is 0 Å². The minimum atomic E-state index is -0.243. The third-order valence-corrected chi connectivity index (χ3v) is 5.94. The number of rotatable bonds is 5. The Kier molecular flexibility index (Phi) is 7.07. The Morgan fingerprint density at radius 1 is 0.935 bits per heavy atom. The van der Waals surface area contributed by atoms with Crippen molar-refractivity contribution in [3.8, 4) is 0 Å². The highest BCUT2D eigenvalue weighted by atomic mass is 35.5. The van der Waals surface area contributed by atoms with Crippen LogP contribution in [0.4, 0.5) is 11.5 Å². The maximum absolute atomic E-state index is 12.4. The van der Waals surface area contributed by atoms with Gasteiger partial charge in [-0.1, -0.05) is 47.5 Å². The number of amides is 1. The molecule has 0 spiro atoms. The van der Waals surface area contributed by atoms with Crippen LogP contribution in [0.3, 0.4) is 0 Å². The SMILES string of the molecule is O=C(Nc1ccc(N2CCCN(Cc3ccc(Cl)cc3)CC2)nc1)c1ccccc1Cl. The Bertz CT molecular complexity index is 1020. The molecule has 1 aliphatic heterocycles. The zero-order valence-corrected chi connectivity index (χ0v) is 18.6. The lowest BCUT2D eigenvalue weighted by molar-refractivity contribution is 0.102. The lowest BCUT2D eigenvalue weighted by Gasteiger charge is -2.23. The normalized spacial score (nSPS) is 14.8. The smallest absolute Gasteiger partial charge is 0.257 e. The Hall–Kier alpha value is -2.60. The number of carbonyl (C=O) groups excluding carboxylic acids is 1. The molecule has 7 heteroatoms. The molecular weight excluding hydrogens is 431 g/mol. The van der Waals surface area contributed by atoms with Crippen molar-refractivity contribution < 1.29 is 4.79 Å². The van der Waals surface area contributed by atoms with E-state index in [1.807, 2.05) is 24.3 Å². The molecule has 3 aromatic rings. The Labute approximate surface area is 192 Å². The van der Waals surface area contributed by atoms with Gasteiger partial charge in [0.1, 0.15) is 5.82 Å². The van der Waals surface area contributed by atoms with Crippen LogP contribution < -0.4 is 10.2 Å². The fraction of sp³-hybridized carbons (Fsp3) is 0.250. The van der Waals surface area contributed by atoms with Gasteiger partial charge in [-0.05, 0) is 48.4 Å². The number of pyridine rings is 1. The molecule has 1 aromatic heterocycles. The summed E-state index contributed by atoms with van der Waals surface area (Å²) in [5.74, 6) is 0.678. The summed E-state index contributed by atoms with van der Waals surface area (Å²) in [6, 6.07) is 18.9. The molecule has 1 N–H and O–H groups in total. The van der Waals surface area contributed by atoms with Gasteiger partial charge in [0.05, 0.1) is 22.5 Å². The van der Waals surface area contributed by atoms with Crippen molar-refractivity contribution in [3.63, 3.8) is 0 Å². The van der Waals surface area contributed by atoms with Crippen LogP contribution in [0.25, 0.3) is 0 Å². The van der Waals surface area contributed by atoms with Crippen LogP contribution in [0.2, 0.25) is 10.0 Å². The van der Waals surface area contributed by atoms with E-state index in [0.29, 0.717) is 16.3 Å². The zero-order chi connectivity index (χ0) is 21.6. The van der Waals surface area contributed by atoms with Gasteiger partial charge in [0, 0.05) is 37.7 Å². The van der Waals surface area contributed by atoms with E-state index in [0.717, 1.165) is 50.0 Å². The van der Waals surface area contributed by atoms with E-state index < -0.39 is 0 Å². The number of aromatic nitrogens is 1. The highest BCUT2D eigenvalue weighted by Crippen LogP contribution is 2.20. The topological polar surface area (TPSA) is 48.5 Å². The van der Waals surface area contributed by atoms with Gasteiger partial charge in [-0.2, -0.15) is 0 Å². The molecule has 1 amide bonds. The summed E-state index contributed by atoms with van der Waals surface area (Å²) >= 11 is 12.1. The average molecular weight is 455 g/mol. The molecule has 2 heterocycles. The van der Waals surface area contributed by atoms with Gasteiger partial charge in [0.25, 0.3) is 5.91 Å². The minimum Gasteiger partial charge on any atom is -0.355 e. The van der Waals surface area contributed by atoms with Crippen molar-refractivity contribution in [2.75, 3.05) is 36.4 Å². The second-order valence-electron chi connectivity index (χ2n) is 7.58. The van der Waals surface area contributed by atoms with E-state index in [4.69, 9.17) is 23.2 Å². The van der Waals surface area contributed by atoms with E-state index in [2.05, 4.69) is 32.2 Å². The van der Waals surface area contributed by atoms with Crippen LogP contribution in [0, 0.1) is 0 Å². The first-order valence-electron chi connectivity index (χ1n) is 10.3. The van der Waals surface area contributed by atoms with Gasteiger partial charge in [0.15, 0.2) is 0 Å². The minimum absolute atomic E-state index is 0.243. The van der Waals surface area contributed by atoms with Gasteiger partial charge in [-0.3, -0.25) is 9.69 Å². The maximum atomic E-state index is 12.4. The molecule has 5 nitrogen and oxygen atoms in total. The van der Waals surface area contributed by atoms with Gasteiger partial charge < -0.3 is 10.2 Å². The lowest BCUT2D eigenvalue weighted by Crippen LogP contribution is -2.30. The Morgan fingerprint density at radius 2 is 1.74 bits per heavy atom. The highest BCUT2D eigenvalue weighted by Gasteiger charge is 2.17. The molecule has 4 rings (SSSR count). The third kappa shape index (κ3) is 5.76. The standard InChI is InChI=1S/C24H24Cl2N4O/c25-19-8-6-18(7-9-19)17-29-12-3-13-30(15-14-29)23-11-10-20(16-27-23)28-24(31)21-4-1-2-5-22(21)26/h1-2,4-11,16H,3,12-15,17H2,(H,28,31). The fourth-order valence-electron chi connectivity index (χ4n) is 3.70. The predicted molar refractivity (Wildman–Crippen MR) is 127 cm³/mol. The highest BCUT2D eigenvalue weighted by molar-refractivity contribution is 6.34. The molecule has 1 fully saturated rings. The molecular formula is C24H24Cl2N4O. The molecule has 0 bridgehead atoms. The summed E-state index contributed by atoms with van der Waals surface area (Å²) in [6.07, 6.45) is 2.76. The summed E-state index contributed by atoms with van der Waals surface area (Å²) in [6.45, 7) is 4.80. The molecule has 2 aromatic carbocycles. The van der Waals surface area contributed by atoms with Crippen LogP contribution in [0.1, 0.15) is 22.3 Å². The number of carbonyl (C=O) groups is 1. The third-order valence-electron chi connectivity index (χ3n) is 5.36. The van der Waals surface area contributed by atoms with Crippen molar-refractivity contribution in [1.82, 2.24) is 9.88 Å². The van der Waals surface area contributed by atoms with Gasteiger partial charge >= 0.3 is 0 Å². The van der Waals surface area contributed by atoms with E-state index in [1.54, 1.807) is 30.5 Å². The van der Waals surface area contributed by atoms with Crippen LogP contribution in [-0.2, 0) is 6.54 Å². The lowest BCUT2D eigenvalue weighted by atomic mass is 10.2. The Morgan fingerprint density at radius 3 is 2.48 bits per heavy atom. The number of hydrogen-bond acceptors (Lipinski definition) is 4. The fourth-order valence-corrected chi connectivity index (χ4v) is 4.04. The first-order valence-corrected chi connectivity index (χ1v) is 11.1. The number of nitrogens with zero attached hydrogens (tertiary/aromatic N) is 3. The van der Waals surface area contributed by atoms with Crippen LogP contribution >= 0.6 is 23.2 Å². The van der Waals surface area contributed by atoms with E-state index in [-0.39, 0.29) is 5.91 Å². The molecule has 0 unspecified atom stereocenters. The van der Waals surface area contributed by atoms with Gasteiger partial charge in [-0.25, -0.2) is 4.98 Å². The monoisotopic (exact) mass is 454 g/mol. The second kappa shape index (κ2) is 10.1. The second-order valence-corrected chi connectivity index (χ2v) is 8.43. The van der Waals surface area contributed by atoms with Crippen LogP contribution in [-0.4, -0.2) is 42.0 Å². The molecule has 31 heavy (non-hydrogen) atoms. The van der Waals surface area contributed by atoms with Crippen molar-refractivity contribution >= 4 is 40.6 Å². The molecule has 0 aliphatic carbocycles. The van der Waals surface area contributed by atoms with E-state index in [1.165, 1.54) is 5.56 Å². The summed E-state index contributed by atoms with van der Waals surface area (Å²) < 4.78 is 0. The van der Waals surface area contributed by atoms with Crippen molar-refractivity contribution in [2.24, 2.45) is 0 Å². The number of hydrogen-bond donors (Lipinski definition) is 1. The quantitative estimate of drug-likeness (QED) is 0.563. The molecule has 0 radical (unpaired) electrons. The number of halogens is 2. The van der Waals surface area contributed by atoms with E-state index in [9.17, 15) is 4.79 Å². The summed E-state index contributed by atoms with van der Waals surface area (Å²) in [4.78, 5) is 21.8. The number of anilines is 2. The average Bonchev–Trinajstić information content (AvgIpc) is 3.02. The zero-order valence-electron chi connectivity index (χ0n) is 17.1. The van der Waals surface area contributed by atoms with Gasteiger partial charge in [0.2, 0.25) is 0 Å². The first kappa shape index (κ1) is 21.6. The summed E-state index contributed by atoms with van der Waals surface area (Å²) in [7, 11) is 0. The molecule has 160 valence electrons. The van der Waals surface area contributed by atoms with Crippen molar-refractivity contribution in [1.29, 1.82) is 0 Å². The van der Waals surface area contributed by atoms with Gasteiger partial charge in [-0.15, -0.1) is 0 Å². The molecule has 1 saturated heterocycles. The number of nitrogens with one attached hydrogen (secondary N) is 1. The van der Waals surface area contributed by atoms with Crippen LogP contribution in [0.15, 0.2) is 66.9 Å². The largest absolute Gasteiger partial charge is 0.355 e. The maximum Gasteiger partial charge on any atom is 0.257 e. The molecule has 0 atom stereocenters. The van der Waals surface area contributed by atoms with Crippen molar-refractivity contribution in [2.45, 2.75) is 13.0 Å².